The fourth-order valence-electron chi connectivity index (χ4n) is 3.28. The number of hydrogen-bond acceptors (Lipinski definition) is 8. The van der Waals surface area contributed by atoms with Crippen LogP contribution in [0.5, 0.6) is 0 Å². The second-order valence-corrected chi connectivity index (χ2v) is 11.9. The number of primary amides is 1. The van der Waals surface area contributed by atoms with E-state index in [2.05, 4.69) is 22.5 Å². The molecule has 198 valence electrons. The van der Waals surface area contributed by atoms with Crippen LogP contribution < -0.4 is 21.7 Å². The second kappa shape index (κ2) is 12.7. The molecule has 0 saturated heterocycles. The minimum atomic E-state index is -3.41. The highest BCUT2D eigenvalue weighted by molar-refractivity contribution is 7.90. The summed E-state index contributed by atoms with van der Waals surface area (Å²) in [4.78, 5) is 49.2. The zero-order valence-electron chi connectivity index (χ0n) is 20.5. The van der Waals surface area contributed by atoms with Gasteiger partial charge in [0.2, 0.25) is 17.7 Å². The minimum Gasteiger partial charge on any atom is -0.443 e. The number of amides is 4. The Morgan fingerprint density at radius 2 is 1.94 bits per heavy atom. The molecule has 0 bridgehead atoms. The number of aliphatic hydroxyl groups excluding tert-OH is 1. The van der Waals surface area contributed by atoms with Crippen molar-refractivity contribution in [1.29, 1.82) is 0 Å². The number of sulfone groups is 1. The fraction of sp³-hybridized carbons (Fsp3) is 0.636. The third-order valence-electron chi connectivity index (χ3n) is 4.94. The number of nitrogens with one attached hydrogen (secondary N) is 3. The van der Waals surface area contributed by atoms with Crippen molar-refractivity contribution in [3.63, 3.8) is 0 Å². The van der Waals surface area contributed by atoms with Gasteiger partial charge in [-0.15, -0.1) is 6.58 Å². The van der Waals surface area contributed by atoms with Crippen molar-refractivity contribution < 1.29 is 37.4 Å². The third kappa shape index (κ3) is 11.4. The van der Waals surface area contributed by atoms with Crippen LogP contribution in [0.1, 0.15) is 40.0 Å². The lowest BCUT2D eigenvalue weighted by Gasteiger charge is -2.34. The molecule has 6 N–H and O–H groups in total. The Morgan fingerprint density at radius 1 is 1.31 bits per heavy atom. The van der Waals surface area contributed by atoms with Gasteiger partial charge in [0, 0.05) is 31.2 Å². The van der Waals surface area contributed by atoms with Crippen LogP contribution in [0.4, 0.5) is 4.79 Å². The molecule has 0 aromatic rings. The highest BCUT2D eigenvalue weighted by atomic mass is 32.2. The molecule has 0 saturated carbocycles. The second-order valence-electron chi connectivity index (χ2n) is 9.68. The van der Waals surface area contributed by atoms with Gasteiger partial charge in [-0.2, -0.15) is 0 Å². The standard InChI is InChI=1S/C22H36N4O8S/c1-6-8-24-21(31)34-16-11-13(10-15(18(16)28)25-17(27)12-22(2,3)4)20(30)26-14(19(23)29)7-9-35(5,32)33/h6,10,14-16,18,28H,1,7-9,11-12H2,2-5H3,(H2,23,29)(H,24,31)(H,25,27)(H,26,30)/t14-,15+,16+,18+/m0/s1. The molecule has 0 aromatic carbocycles. The predicted octanol–water partition coefficient (Wildman–Crippen LogP) is -0.716. The first-order valence-corrected chi connectivity index (χ1v) is 13.1. The molecular weight excluding hydrogens is 480 g/mol. The zero-order valence-corrected chi connectivity index (χ0v) is 21.3. The van der Waals surface area contributed by atoms with Crippen molar-refractivity contribution in [3.05, 3.63) is 24.3 Å². The summed E-state index contributed by atoms with van der Waals surface area (Å²) in [6, 6.07) is -2.34. The molecule has 1 rings (SSSR count). The van der Waals surface area contributed by atoms with Crippen LogP contribution in [0.2, 0.25) is 0 Å². The molecule has 35 heavy (non-hydrogen) atoms. The number of rotatable bonds is 11. The number of aliphatic hydroxyl groups is 1. The SMILES string of the molecule is C=CCNC(=O)O[C@@H]1CC(C(=O)N[C@@H](CCS(C)(=O)=O)C(N)=O)=C[C@@H](NC(=O)CC(C)(C)C)[C@H]1O. The Kier molecular flexibility index (Phi) is 10.9. The molecule has 4 amide bonds. The minimum absolute atomic E-state index is 0.0171. The molecule has 1 aliphatic rings. The quantitative estimate of drug-likeness (QED) is 0.222. The summed E-state index contributed by atoms with van der Waals surface area (Å²) < 4.78 is 28.1. The summed E-state index contributed by atoms with van der Waals surface area (Å²) in [7, 11) is -3.41. The van der Waals surface area contributed by atoms with Gasteiger partial charge in [0.1, 0.15) is 28.1 Å². The van der Waals surface area contributed by atoms with E-state index in [1.165, 1.54) is 12.2 Å². The van der Waals surface area contributed by atoms with Crippen molar-refractivity contribution in [2.45, 2.75) is 64.3 Å². The largest absolute Gasteiger partial charge is 0.443 e. The summed E-state index contributed by atoms with van der Waals surface area (Å²) in [5.74, 6) is -2.47. The van der Waals surface area contributed by atoms with Gasteiger partial charge in [-0.05, 0) is 11.8 Å². The van der Waals surface area contributed by atoms with Crippen LogP contribution in [0.3, 0.4) is 0 Å². The molecule has 4 atom stereocenters. The molecule has 0 aromatic heterocycles. The summed E-state index contributed by atoms with van der Waals surface area (Å²) >= 11 is 0. The third-order valence-corrected chi connectivity index (χ3v) is 5.91. The molecule has 1 aliphatic carbocycles. The van der Waals surface area contributed by atoms with Crippen LogP contribution in [0.15, 0.2) is 24.3 Å². The van der Waals surface area contributed by atoms with Gasteiger partial charge in [-0.3, -0.25) is 14.4 Å². The number of ether oxygens (including phenoxy) is 1. The first kappa shape index (κ1) is 30.1. The lowest BCUT2D eigenvalue weighted by atomic mass is 9.88. The highest BCUT2D eigenvalue weighted by Gasteiger charge is 2.38. The van der Waals surface area contributed by atoms with Crippen LogP contribution in [-0.4, -0.2) is 80.2 Å². The summed E-state index contributed by atoms with van der Waals surface area (Å²) in [6.07, 6.45) is -0.0178. The van der Waals surface area contributed by atoms with Crippen LogP contribution in [0.25, 0.3) is 0 Å². The smallest absolute Gasteiger partial charge is 0.407 e. The molecule has 0 unspecified atom stereocenters. The Labute approximate surface area is 205 Å². The van der Waals surface area contributed by atoms with Gasteiger partial charge in [-0.1, -0.05) is 32.9 Å². The first-order valence-electron chi connectivity index (χ1n) is 11.0. The first-order chi connectivity index (χ1) is 16.0. The number of alkyl carbamates (subject to hydrolysis) is 1. The van der Waals surface area contributed by atoms with E-state index in [1.54, 1.807) is 0 Å². The lowest BCUT2D eigenvalue weighted by Crippen LogP contribution is -2.54. The number of carbonyl (C=O) groups is 4. The van der Waals surface area contributed by atoms with Crippen LogP contribution in [0, 0.1) is 5.41 Å². The number of nitrogens with two attached hydrogens (primary N) is 1. The summed E-state index contributed by atoms with van der Waals surface area (Å²) in [6.45, 7) is 9.15. The average Bonchev–Trinajstić information content (AvgIpc) is 2.69. The number of carbonyl (C=O) groups excluding carboxylic acids is 4. The summed E-state index contributed by atoms with van der Waals surface area (Å²) in [5, 5.41) is 18.1. The Morgan fingerprint density at radius 3 is 2.46 bits per heavy atom. The van der Waals surface area contributed by atoms with Gasteiger partial charge in [-0.25, -0.2) is 13.2 Å². The van der Waals surface area contributed by atoms with Crippen molar-refractivity contribution in [3.8, 4) is 0 Å². The average molecular weight is 517 g/mol. The molecule has 0 fully saturated rings. The Balaban J connectivity index is 3.13. The summed E-state index contributed by atoms with van der Waals surface area (Å²) in [5.41, 5.74) is 4.98. The van der Waals surface area contributed by atoms with E-state index in [1.807, 2.05) is 20.8 Å². The van der Waals surface area contributed by atoms with Crippen molar-refractivity contribution in [1.82, 2.24) is 16.0 Å². The van der Waals surface area contributed by atoms with Gasteiger partial charge in [0.25, 0.3) is 0 Å². The van der Waals surface area contributed by atoms with Gasteiger partial charge in [0.15, 0.2) is 0 Å². The van der Waals surface area contributed by atoms with E-state index >= 15 is 0 Å². The van der Waals surface area contributed by atoms with E-state index < -0.39 is 57.9 Å². The molecule has 0 aliphatic heterocycles. The van der Waals surface area contributed by atoms with Gasteiger partial charge < -0.3 is 31.5 Å². The maximum absolute atomic E-state index is 12.9. The van der Waals surface area contributed by atoms with Crippen LogP contribution >= 0.6 is 0 Å². The predicted molar refractivity (Wildman–Crippen MR) is 129 cm³/mol. The molecule has 13 heteroatoms. The van der Waals surface area contributed by atoms with Crippen molar-refractivity contribution in [2.24, 2.45) is 11.1 Å². The van der Waals surface area contributed by atoms with E-state index in [-0.39, 0.29) is 42.5 Å². The zero-order chi connectivity index (χ0) is 27.0. The van der Waals surface area contributed by atoms with Gasteiger partial charge in [0.05, 0.1) is 11.8 Å². The maximum Gasteiger partial charge on any atom is 0.407 e. The number of hydrogen-bond donors (Lipinski definition) is 5. The van der Waals surface area contributed by atoms with E-state index in [0.717, 1.165) is 6.26 Å². The molecule has 0 radical (unpaired) electrons. The topological polar surface area (TPSA) is 194 Å². The molecular formula is C22H36N4O8S. The monoisotopic (exact) mass is 516 g/mol. The molecule has 0 heterocycles. The molecule has 12 nitrogen and oxygen atoms in total. The maximum atomic E-state index is 12.9. The van der Waals surface area contributed by atoms with E-state index in [4.69, 9.17) is 10.5 Å². The Hall–Kier alpha value is -2.93. The van der Waals surface area contributed by atoms with E-state index in [0.29, 0.717) is 0 Å². The van der Waals surface area contributed by atoms with Crippen molar-refractivity contribution in [2.75, 3.05) is 18.6 Å². The fourth-order valence-corrected chi connectivity index (χ4v) is 3.94. The highest BCUT2D eigenvalue weighted by Crippen LogP contribution is 2.24. The Bertz CT molecular complexity index is 955. The lowest BCUT2D eigenvalue weighted by molar-refractivity contribution is -0.126. The molecule has 0 spiro atoms. The van der Waals surface area contributed by atoms with Crippen LogP contribution in [-0.2, 0) is 29.0 Å². The normalized spacial score (nSPS) is 21.2. The van der Waals surface area contributed by atoms with Gasteiger partial charge >= 0.3 is 6.09 Å². The van der Waals surface area contributed by atoms with Crippen molar-refractivity contribution >= 4 is 33.7 Å². The van der Waals surface area contributed by atoms with E-state index in [9.17, 15) is 32.7 Å².